The van der Waals surface area contributed by atoms with Gasteiger partial charge < -0.3 is 9.88 Å². The van der Waals surface area contributed by atoms with E-state index in [1.54, 1.807) is 6.07 Å². The van der Waals surface area contributed by atoms with E-state index in [0.29, 0.717) is 17.9 Å². The summed E-state index contributed by atoms with van der Waals surface area (Å²) in [6.07, 6.45) is 1.37. The van der Waals surface area contributed by atoms with E-state index in [1.807, 2.05) is 30.1 Å². The zero-order valence-corrected chi connectivity index (χ0v) is 9.92. The lowest BCUT2D eigenvalue weighted by Crippen LogP contribution is -2.20. The molecule has 5 heteroatoms. The molecule has 90 valence electrons. The van der Waals surface area contributed by atoms with Gasteiger partial charge in [-0.25, -0.2) is 4.98 Å². The van der Waals surface area contributed by atoms with Crippen LogP contribution in [0.5, 0.6) is 0 Å². The van der Waals surface area contributed by atoms with Gasteiger partial charge in [0.05, 0.1) is 18.0 Å². The van der Waals surface area contributed by atoms with Crippen molar-refractivity contribution in [2.75, 3.05) is 11.9 Å². The molecule has 0 aliphatic carbocycles. The molecule has 2 aromatic rings. The number of nitrogens with one attached hydrogen (secondary N) is 1. The van der Waals surface area contributed by atoms with Gasteiger partial charge >= 0.3 is 0 Å². The predicted molar refractivity (Wildman–Crippen MR) is 68.1 cm³/mol. The lowest BCUT2D eigenvalue weighted by Gasteiger charge is -2.17. The van der Waals surface area contributed by atoms with E-state index in [2.05, 4.69) is 16.0 Å². The predicted octanol–water partition coefficient (Wildman–Crippen LogP) is 1.28. The number of rotatable bonds is 3. The molecule has 0 amide bonds. The van der Waals surface area contributed by atoms with E-state index in [0.717, 1.165) is 5.56 Å². The van der Waals surface area contributed by atoms with Crippen molar-refractivity contribution in [3.63, 3.8) is 0 Å². The number of H-pyrrole nitrogens is 1. The van der Waals surface area contributed by atoms with Crippen LogP contribution in [0.1, 0.15) is 11.1 Å². The van der Waals surface area contributed by atoms with Crippen molar-refractivity contribution in [2.24, 2.45) is 0 Å². The third-order valence-corrected chi connectivity index (χ3v) is 2.53. The maximum absolute atomic E-state index is 11.2. The fraction of sp³-hybridized carbons (Fsp3) is 0.154. The Morgan fingerprint density at radius 2 is 2.28 bits per heavy atom. The molecule has 1 heterocycles. The first-order chi connectivity index (χ1) is 8.69. The van der Waals surface area contributed by atoms with E-state index in [9.17, 15) is 4.79 Å². The van der Waals surface area contributed by atoms with Gasteiger partial charge in [-0.2, -0.15) is 5.26 Å². The van der Waals surface area contributed by atoms with Crippen LogP contribution in [0, 0.1) is 11.3 Å². The van der Waals surface area contributed by atoms with Gasteiger partial charge in [-0.1, -0.05) is 12.1 Å². The van der Waals surface area contributed by atoms with E-state index < -0.39 is 0 Å². The maximum atomic E-state index is 11.2. The van der Waals surface area contributed by atoms with Crippen LogP contribution < -0.4 is 10.5 Å². The monoisotopic (exact) mass is 240 g/mol. The molecule has 0 unspecified atom stereocenters. The number of aromatic amines is 1. The van der Waals surface area contributed by atoms with Crippen molar-refractivity contribution in [2.45, 2.75) is 6.54 Å². The molecule has 0 radical (unpaired) electrons. The molecule has 0 bridgehead atoms. The zero-order valence-electron chi connectivity index (χ0n) is 9.92. The van der Waals surface area contributed by atoms with E-state index in [-0.39, 0.29) is 5.56 Å². The number of benzene rings is 1. The molecule has 0 aliphatic heterocycles. The van der Waals surface area contributed by atoms with Gasteiger partial charge in [0.15, 0.2) is 0 Å². The highest BCUT2D eigenvalue weighted by molar-refractivity contribution is 5.39. The fourth-order valence-electron chi connectivity index (χ4n) is 1.66. The van der Waals surface area contributed by atoms with Crippen LogP contribution in [-0.2, 0) is 6.54 Å². The van der Waals surface area contributed by atoms with Gasteiger partial charge in [-0.3, -0.25) is 4.79 Å². The van der Waals surface area contributed by atoms with Crippen molar-refractivity contribution in [1.82, 2.24) is 9.97 Å². The number of anilines is 1. The second-order valence-corrected chi connectivity index (χ2v) is 3.94. The smallest absolute Gasteiger partial charge is 0.252 e. The minimum absolute atomic E-state index is 0.183. The minimum atomic E-state index is -0.183. The second-order valence-electron chi connectivity index (χ2n) is 3.94. The van der Waals surface area contributed by atoms with Gasteiger partial charge in [-0.05, 0) is 17.7 Å². The van der Waals surface area contributed by atoms with Crippen LogP contribution >= 0.6 is 0 Å². The lowest BCUT2D eigenvalue weighted by molar-refractivity contribution is 0.886. The molecule has 0 aliphatic rings. The summed E-state index contributed by atoms with van der Waals surface area (Å²) in [5.41, 5.74) is 1.44. The van der Waals surface area contributed by atoms with Crippen molar-refractivity contribution in [3.05, 3.63) is 58.1 Å². The molecule has 0 fully saturated rings. The highest BCUT2D eigenvalue weighted by Gasteiger charge is 2.04. The molecule has 0 atom stereocenters. The van der Waals surface area contributed by atoms with Crippen LogP contribution in [0.15, 0.2) is 41.5 Å². The fourth-order valence-corrected chi connectivity index (χ4v) is 1.66. The summed E-state index contributed by atoms with van der Waals surface area (Å²) in [5.74, 6) is 0.598. The standard InChI is InChI=1S/C13H12N4O/c1-17(12-6-13(18)16-9-15-12)8-11-4-2-3-10(5-11)7-14/h2-6,9H,8H2,1H3,(H,15,16,18). The lowest BCUT2D eigenvalue weighted by atomic mass is 10.1. The molecule has 1 N–H and O–H groups in total. The van der Waals surface area contributed by atoms with Crippen molar-refractivity contribution >= 4 is 5.82 Å². The average molecular weight is 240 g/mol. The average Bonchev–Trinajstić information content (AvgIpc) is 2.39. The quantitative estimate of drug-likeness (QED) is 0.877. The summed E-state index contributed by atoms with van der Waals surface area (Å²) in [6, 6.07) is 10.9. The second kappa shape index (κ2) is 5.15. The number of nitriles is 1. The Kier molecular flexibility index (Phi) is 3.39. The van der Waals surface area contributed by atoms with E-state index in [4.69, 9.17) is 5.26 Å². The van der Waals surface area contributed by atoms with Gasteiger partial charge in [0, 0.05) is 19.7 Å². The molecule has 0 saturated heterocycles. The Hall–Kier alpha value is -2.61. The van der Waals surface area contributed by atoms with E-state index >= 15 is 0 Å². The molecule has 1 aromatic heterocycles. The van der Waals surface area contributed by atoms with Crippen LogP contribution in [0.25, 0.3) is 0 Å². The first-order valence-corrected chi connectivity index (χ1v) is 5.44. The van der Waals surface area contributed by atoms with Crippen molar-refractivity contribution < 1.29 is 0 Å². The van der Waals surface area contributed by atoms with Crippen molar-refractivity contribution in [3.8, 4) is 6.07 Å². The summed E-state index contributed by atoms with van der Waals surface area (Å²) < 4.78 is 0. The normalized spacial score (nSPS) is 9.78. The maximum Gasteiger partial charge on any atom is 0.252 e. The third kappa shape index (κ3) is 2.74. The molecule has 0 saturated carbocycles. The Morgan fingerprint density at radius 3 is 3.00 bits per heavy atom. The van der Waals surface area contributed by atoms with E-state index in [1.165, 1.54) is 12.4 Å². The first kappa shape index (κ1) is 11.9. The molecule has 1 aromatic carbocycles. The zero-order chi connectivity index (χ0) is 13.0. The molecule has 2 rings (SSSR count). The Labute approximate surface area is 104 Å². The summed E-state index contributed by atoms with van der Waals surface area (Å²) in [4.78, 5) is 19.6. The summed E-state index contributed by atoms with van der Waals surface area (Å²) in [7, 11) is 1.85. The summed E-state index contributed by atoms with van der Waals surface area (Å²) >= 11 is 0. The number of nitrogens with zero attached hydrogens (tertiary/aromatic N) is 3. The van der Waals surface area contributed by atoms with Crippen LogP contribution in [0.4, 0.5) is 5.82 Å². The molecule has 0 spiro atoms. The topological polar surface area (TPSA) is 72.8 Å². The Morgan fingerprint density at radius 1 is 1.44 bits per heavy atom. The van der Waals surface area contributed by atoms with Gasteiger partial charge in [0.1, 0.15) is 5.82 Å². The number of aromatic nitrogens is 2. The van der Waals surface area contributed by atoms with Gasteiger partial charge in [-0.15, -0.1) is 0 Å². The Balaban J connectivity index is 2.19. The van der Waals surface area contributed by atoms with Gasteiger partial charge in [0.2, 0.25) is 0 Å². The van der Waals surface area contributed by atoms with Crippen LogP contribution in [-0.4, -0.2) is 17.0 Å². The summed E-state index contributed by atoms with van der Waals surface area (Å²) in [6.45, 7) is 0.589. The third-order valence-electron chi connectivity index (χ3n) is 2.53. The highest BCUT2D eigenvalue weighted by Crippen LogP contribution is 2.11. The molecular formula is C13H12N4O. The first-order valence-electron chi connectivity index (χ1n) is 5.44. The molecular weight excluding hydrogens is 228 g/mol. The van der Waals surface area contributed by atoms with Crippen molar-refractivity contribution in [1.29, 1.82) is 5.26 Å². The number of hydrogen-bond donors (Lipinski definition) is 1. The van der Waals surface area contributed by atoms with Crippen LogP contribution in [0.3, 0.4) is 0 Å². The SMILES string of the molecule is CN(Cc1cccc(C#N)c1)c1cc(=O)[nH]cn1. The molecule has 18 heavy (non-hydrogen) atoms. The van der Waals surface area contributed by atoms with Crippen LogP contribution in [0.2, 0.25) is 0 Å². The van der Waals surface area contributed by atoms with Gasteiger partial charge in [0.25, 0.3) is 5.56 Å². The largest absolute Gasteiger partial charge is 0.355 e. The molecule has 5 nitrogen and oxygen atoms in total. The number of hydrogen-bond acceptors (Lipinski definition) is 4. The Bertz CT molecular complexity index is 642. The minimum Gasteiger partial charge on any atom is -0.355 e. The highest BCUT2D eigenvalue weighted by atomic mass is 16.1. The summed E-state index contributed by atoms with van der Waals surface area (Å²) in [5, 5.41) is 8.83.